The Morgan fingerprint density at radius 1 is 1.38 bits per heavy atom. The van der Waals surface area contributed by atoms with Gasteiger partial charge in [-0.05, 0) is 24.1 Å². The number of hydrogen-bond donors (Lipinski definition) is 0. The average molecular weight is 321 g/mol. The molecule has 0 amide bonds. The normalized spacial score (nSPS) is 11.3. The minimum absolute atomic E-state index is 0.344. The molecule has 0 aliphatic rings. The second-order valence-corrected chi connectivity index (χ2v) is 7.08. The highest BCUT2D eigenvalue weighted by molar-refractivity contribution is 9.24. The van der Waals surface area contributed by atoms with Crippen LogP contribution in [0.1, 0.15) is 5.56 Å². The molecule has 2 rings (SSSR count). The molecule has 1 aromatic carbocycles. The molecule has 13 heavy (non-hydrogen) atoms. The first kappa shape index (κ1) is 9.62. The Labute approximate surface area is 97.4 Å². The summed E-state index contributed by atoms with van der Waals surface area (Å²) in [6, 6.07) is 6.42. The molecule has 4 heteroatoms. The van der Waals surface area contributed by atoms with Crippen molar-refractivity contribution in [1.29, 1.82) is 0 Å². The second-order valence-electron chi connectivity index (χ2n) is 2.75. The lowest BCUT2D eigenvalue weighted by Gasteiger charge is -2.01. The number of benzene rings is 1. The molecule has 0 saturated heterocycles. The van der Waals surface area contributed by atoms with Crippen LogP contribution in [0.15, 0.2) is 23.7 Å². The van der Waals surface area contributed by atoms with Crippen molar-refractivity contribution in [2.75, 3.05) is 0 Å². The summed E-state index contributed by atoms with van der Waals surface area (Å²) in [6.45, 7) is 0. The first-order chi connectivity index (χ1) is 6.25. The number of hydrogen-bond acceptors (Lipinski definition) is 2. The highest BCUT2D eigenvalue weighted by atomic mass is 79.9. The largest absolute Gasteiger partial charge is 0.245 e. The molecule has 2 aromatic rings. The minimum atomic E-state index is 0.344. The van der Waals surface area contributed by atoms with E-state index in [2.05, 4.69) is 55.0 Å². The number of aromatic nitrogens is 1. The van der Waals surface area contributed by atoms with E-state index < -0.39 is 0 Å². The van der Waals surface area contributed by atoms with E-state index in [1.165, 1.54) is 10.3 Å². The van der Waals surface area contributed by atoms with Gasteiger partial charge in [0.05, 0.1) is 19.5 Å². The third-order valence-electron chi connectivity index (χ3n) is 1.78. The molecule has 0 aliphatic heterocycles. The standard InChI is InChI=1S/C9H7Br2NS/c10-9(11)4-6-1-2-8-7(3-6)12-5-13-8/h1-3,5,9H,4H2. The van der Waals surface area contributed by atoms with Crippen LogP contribution in [-0.4, -0.2) is 8.72 Å². The van der Waals surface area contributed by atoms with Crippen LogP contribution in [0.3, 0.4) is 0 Å². The van der Waals surface area contributed by atoms with Gasteiger partial charge in [-0.1, -0.05) is 37.9 Å². The van der Waals surface area contributed by atoms with Crippen LogP contribution >= 0.6 is 43.2 Å². The Kier molecular flexibility index (Phi) is 3.01. The fourth-order valence-electron chi connectivity index (χ4n) is 1.21. The molecule has 1 nitrogen and oxygen atoms in total. The van der Waals surface area contributed by atoms with Gasteiger partial charge in [0.1, 0.15) is 0 Å². The highest BCUT2D eigenvalue weighted by Crippen LogP contribution is 2.22. The quantitative estimate of drug-likeness (QED) is 0.763. The smallest absolute Gasteiger partial charge is 0.0814 e. The van der Waals surface area contributed by atoms with Crippen LogP contribution < -0.4 is 0 Å². The van der Waals surface area contributed by atoms with E-state index >= 15 is 0 Å². The van der Waals surface area contributed by atoms with Crippen LogP contribution in [0.5, 0.6) is 0 Å². The van der Waals surface area contributed by atoms with Crippen molar-refractivity contribution in [2.45, 2.75) is 10.2 Å². The van der Waals surface area contributed by atoms with Gasteiger partial charge in [0.25, 0.3) is 0 Å². The van der Waals surface area contributed by atoms with E-state index in [1.54, 1.807) is 11.3 Å². The van der Waals surface area contributed by atoms with Crippen molar-refractivity contribution >= 4 is 53.4 Å². The lowest BCUT2D eigenvalue weighted by Crippen LogP contribution is -1.91. The van der Waals surface area contributed by atoms with E-state index in [-0.39, 0.29) is 0 Å². The Morgan fingerprint density at radius 3 is 3.00 bits per heavy atom. The molecule has 0 radical (unpaired) electrons. The number of nitrogens with zero attached hydrogens (tertiary/aromatic N) is 1. The Bertz CT molecular complexity index is 411. The van der Waals surface area contributed by atoms with Gasteiger partial charge in [-0.3, -0.25) is 0 Å². The molecular formula is C9H7Br2NS. The summed E-state index contributed by atoms with van der Waals surface area (Å²) in [5, 5.41) is 0. The molecule has 1 aromatic heterocycles. The molecule has 0 unspecified atom stereocenters. The van der Waals surface area contributed by atoms with E-state index in [0.29, 0.717) is 3.74 Å². The first-order valence-corrected chi connectivity index (χ1v) is 6.57. The van der Waals surface area contributed by atoms with Crippen LogP contribution in [0.2, 0.25) is 0 Å². The fourth-order valence-corrected chi connectivity index (χ4v) is 2.62. The average Bonchev–Trinajstić information content (AvgIpc) is 2.49. The summed E-state index contributed by atoms with van der Waals surface area (Å²) in [5.41, 5.74) is 4.29. The van der Waals surface area contributed by atoms with E-state index in [1.807, 2.05) is 5.51 Å². The summed E-state index contributed by atoms with van der Waals surface area (Å²) in [6.07, 6.45) is 0.980. The molecule has 0 atom stereocenters. The maximum atomic E-state index is 4.27. The zero-order valence-electron chi connectivity index (χ0n) is 6.71. The third-order valence-corrected chi connectivity index (χ3v) is 3.24. The Morgan fingerprint density at radius 2 is 2.23 bits per heavy atom. The molecule has 0 bridgehead atoms. The maximum absolute atomic E-state index is 4.27. The Hall–Kier alpha value is 0.0700. The van der Waals surface area contributed by atoms with Gasteiger partial charge in [0, 0.05) is 0 Å². The second kappa shape index (κ2) is 4.07. The lowest BCUT2D eigenvalue weighted by molar-refractivity contribution is 1.14. The van der Waals surface area contributed by atoms with Gasteiger partial charge >= 0.3 is 0 Å². The topological polar surface area (TPSA) is 12.9 Å². The number of halogens is 2. The third kappa shape index (κ3) is 2.30. The molecule has 68 valence electrons. The van der Waals surface area contributed by atoms with Crippen molar-refractivity contribution in [3.05, 3.63) is 29.3 Å². The predicted molar refractivity (Wildman–Crippen MR) is 65.0 cm³/mol. The van der Waals surface area contributed by atoms with Gasteiger partial charge in [-0.2, -0.15) is 0 Å². The number of alkyl halides is 2. The fraction of sp³-hybridized carbons (Fsp3) is 0.222. The summed E-state index contributed by atoms with van der Waals surface area (Å²) in [5.74, 6) is 0. The monoisotopic (exact) mass is 319 g/mol. The van der Waals surface area contributed by atoms with Gasteiger partial charge < -0.3 is 0 Å². The number of thiazole rings is 1. The predicted octanol–water partition coefficient (Wildman–Crippen LogP) is 3.95. The molecule has 1 heterocycles. The molecular weight excluding hydrogens is 314 g/mol. The van der Waals surface area contributed by atoms with Crippen molar-refractivity contribution in [3.8, 4) is 0 Å². The lowest BCUT2D eigenvalue weighted by atomic mass is 10.2. The van der Waals surface area contributed by atoms with E-state index in [4.69, 9.17) is 0 Å². The zero-order chi connectivity index (χ0) is 9.26. The van der Waals surface area contributed by atoms with Crippen molar-refractivity contribution in [3.63, 3.8) is 0 Å². The molecule has 0 N–H and O–H groups in total. The van der Waals surface area contributed by atoms with Crippen LogP contribution in [0, 0.1) is 0 Å². The molecule has 0 spiro atoms. The molecule has 0 fully saturated rings. The summed E-state index contributed by atoms with van der Waals surface area (Å²) < 4.78 is 1.60. The van der Waals surface area contributed by atoms with Crippen molar-refractivity contribution in [1.82, 2.24) is 4.98 Å². The van der Waals surface area contributed by atoms with Gasteiger partial charge in [0.15, 0.2) is 0 Å². The molecule has 0 aliphatic carbocycles. The van der Waals surface area contributed by atoms with Gasteiger partial charge in [-0.25, -0.2) is 4.98 Å². The summed E-state index contributed by atoms with van der Waals surface area (Å²) in [7, 11) is 0. The van der Waals surface area contributed by atoms with E-state index in [9.17, 15) is 0 Å². The number of fused-ring (bicyclic) bond motifs is 1. The van der Waals surface area contributed by atoms with Gasteiger partial charge in [0.2, 0.25) is 0 Å². The summed E-state index contributed by atoms with van der Waals surface area (Å²) in [4.78, 5) is 4.27. The first-order valence-electron chi connectivity index (χ1n) is 3.86. The van der Waals surface area contributed by atoms with Crippen molar-refractivity contribution in [2.24, 2.45) is 0 Å². The Balaban J connectivity index is 2.37. The SMILES string of the molecule is BrC(Br)Cc1ccc2scnc2c1. The highest BCUT2D eigenvalue weighted by Gasteiger charge is 2.02. The molecule has 0 saturated carbocycles. The van der Waals surface area contributed by atoms with Gasteiger partial charge in [-0.15, -0.1) is 11.3 Å². The zero-order valence-corrected chi connectivity index (χ0v) is 10.7. The van der Waals surface area contributed by atoms with Crippen LogP contribution in [-0.2, 0) is 6.42 Å². The minimum Gasteiger partial charge on any atom is -0.245 e. The number of rotatable bonds is 2. The van der Waals surface area contributed by atoms with Crippen molar-refractivity contribution < 1.29 is 0 Å². The maximum Gasteiger partial charge on any atom is 0.0814 e. The van der Waals surface area contributed by atoms with Crippen LogP contribution in [0.4, 0.5) is 0 Å². The summed E-state index contributed by atoms with van der Waals surface area (Å²) >= 11 is 8.61. The van der Waals surface area contributed by atoms with Crippen LogP contribution in [0.25, 0.3) is 10.2 Å². The van der Waals surface area contributed by atoms with E-state index in [0.717, 1.165) is 11.9 Å².